The van der Waals surface area contributed by atoms with Crippen LogP contribution in [0.15, 0.2) is 54.7 Å². The summed E-state index contributed by atoms with van der Waals surface area (Å²) in [5, 5.41) is 9.28. The van der Waals surface area contributed by atoms with E-state index in [0.29, 0.717) is 5.75 Å². The molecule has 2 aromatic rings. The van der Waals surface area contributed by atoms with Gasteiger partial charge in [-0.1, -0.05) is 24.3 Å². The molecule has 1 aliphatic heterocycles. The number of fused-ring (bicyclic) bond motifs is 1. The maximum Gasteiger partial charge on any atom is 0.115 e. The van der Waals surface area contributed by atoms with E-state index in [-0.39, 0.29) is 0 Å². The molecule has 0 aliphatic carbocycles. The minimum atomic E-state index is 0.301. The lowest BCUT2D eigenvalue weighted by molar-refractivity contribution is 0.475. The summed E-state index contributed by atoms with van der Waals surface area (Å²) in [4.78, 5) is 2.17. The van der Waals surface area contributed by atoms with E-state index in [1.807, 2.05) is 12.1 Å². The Morgan fingerprint density at radius 1 is 0.941 bits per heavy atom. The average Bonchev–Trinajstić information content (AvgIpc) is 2.39. The zero-order valence-electron chi connectivity index (χ0n) is 9.38. The van der Waals surface area contributed by atoms with Crippen LogP contribution in [-0.4, -0.2) is 5.11 Å². The SMILES string of the molecule is Oc1ccc(N2C=Cc3ccccc3C2)cc1. The molecule has 0 saturated carbocycles. The summed E-state index contributed by atoms with van der Waals surface area (Å²) in [6.45, 7) is 0.872. The molecule has 0 bridgehead atoms. The van der Waals surface area contributed by atoms with Gasteiger partial charge in [0.2, 0.25) is 0 Å². The molecule has 0 atom stereocenters. The van der Waals surface area contributed by atoms with Crippen LogP contribution in [-0.2, 0) is 6.54 Å². The highest BCUT2D eigenvalue weighted by atomic mass is 16.3. The predicted molar refractivity (Wildman–Crippen MR) is 69.8 cm³/mol. The predicted octanol–water partition coefficient (Wildman–Crippen LogP) is 3.38. The first-order chi connectivity index (χ1) is 8.33. The Morgan fingerprint density at radius 2 is 1.71 bits per heavy atom. The van der Waals surface area contributed by atoms with Crippen molar-refractivity contribution in [1.29, 1.82) is 0 Å². The van der Waals surface area contributed by atoms with Crippen LogP contribution in [0.1, 0.15) is 11.1 Å². The van der Waals surface area contributed by atoms with Gasteiger partial charge in [0.1, 0.15) is 5.75 Å². The van der Waals surface area contributed by atoms with E-state index in [9.17, 15) is 5.11 Å². The molecule has 2 nitrogen and oxygen atoms in total. The Hall–Kier alpha value is -2.22. The van der Waals surface area contributed by atoms with Gasteiger partial charge < -0.3 is 10.0 Å². The highest BCUT2D eigenvalue weighted by molar-refractivity contribution is 5.64. The van der Waals surface area contributed by atoms with E-state index < -0.39 is 0 Å². The molecule has 0 radical (unpaired) electrons. The second-order valence-electron chi connectivity index (χ2n) is 4.16. The van der Waals surface area contributed by atoms with Crippen LogP contribution < -0.4 is 4.90 Å². The Morgan fingerprint density at radius 3 is 2.53 bits per heavy atom. The van der Waals surface area contributed by atoms with Gasteiger partial charge in [-0.3, -0.25) is 0 Å². The summed E-state index contributed by atoms with van der Waals surface area (Å²) < 4.78 is 0. The molecule has 0 spiro atoms. The van der Waals surface area contributed by atoms with E-state index >= 15 is 0 Å². The number of aromatic hydroxyl groups is 1. The summed E-state index contributed by atoms with van der Waals surface area (Å²) in [6, 6.07) is 15.7. The van der Waals surface area contributed by atoms with Crippen LogP contribution >= 0.6 is 0 Å². The third-order valence-electron chi connectivity index (χ3n) is 3.01. The molecule has 84 valence electrons. The Kier molecular flexibility index (Phi) is 2.33. The minimum absolute atomic E-state index is 0.301. The van der Waals surface area contributed by atoms with E-state index in [4.69, 9.17) is 0 Å². The molecule has 0 aromatic heterocycles. The molecule has 0 fully saturated rings. The fraction of sp³-hybridized carbons (Fsp3) is 0.0667. The lowest BCUT2D eigenvalue weighted by atomic mass is 10.0. The van der Waals surface area contributed by atoms with Gasteiger partial charge in [0.05, 0.1) is 0 Å². The first-order valence-electron chi connectivity index (χ1n) is 5.65. The van der Waals surface area contributed by atoms with Gasteiger partial charge >= 0.3 is 0 Å². The van der Waals surface area contributed by atoms with Crippen LogP contribution in [0.4, 0.5) is 5.69 Å². The van der Waals surface area contributed by atoms with Gasteiger partial charge in [0.25, 0.3) is 0 Å². The summed E-state index contributed by atoms with van der Waals surface area (Å²) in [5.41, 5.74) is 3.69. The summed E-state index contributed by atoms with van der Waals surface area (Å²) in [7, 11) is 0. The second-order valence-corrected chi connectivity index (χ2v) is 4.16. The van der Waals surface area contributed by atoms with Crippen LogP contribution in [0.2, 0.25) is 0 Å². The molecule has 3 rings (SSSR count). The first kappa shape index (κ1) is 9.97. The quantitative estimate of drug-likeness (QED) is 0.801. The topological polar surface area (TPSA) is 23.5 Å². The normalized spacial score (nSPS) is 13.5. The maximum absolute atomic E-state index is 9.28. The Labute approximate surface area is 100 Å². The summed E-state index contributed by atoms with van der Waals surface area (Å²) in [6.07, 6.45) is 4.19. The minimum Gasteiger partial charge on any atom is -0.508 e. The fourth-order valence-electron chi connectivity index (χ4n) is 2.07. The summed E-state index contributed by atoms with van der Waals surface area (Å²) in [5.74, 6) is 0.301. The molecule has 2 aromatic carbocycles. The number of rotatable bonds is 1. The van der Waals surface area contributed by atoms with Crippen molar-refractivity contribution in [2.45, 2.75) is 6.54 Å². The highest BCUT2D eigenvalue weighted by Gasteiger charge is 2.10. The van der Waals surface area contributed by atoms with E-state index in [2.05, 4.69) is 41.4 Å². The number of hydrogen-bond acceptors (Lipinski definition) is 2. The van der Waals surface area contributed by atoms with Crippen molar-refractivity contribution >= 4 is 11.8 Å². The molecule has 1 aliphatic rings. The van der Waals surface area contributed by atoms with Crippen molar-refractivity contribution in [3.63, 3.8) is 0 Å². The third-order valence-corrected chi connectivity index (χ3v) is 3.01. The van der Waals surface area contributed by atoms with Crippen molar-refractivity contribution in [3.8, 4) is 5.75 Å². The van der Waals surface area contributed by atoms with Crippen LogP contribution in [0.5, 0.6) is 5.75 Å². The maximum atomic E-state index is 9.28. The molecule has 1 N–H and O–H groups in total. The standard InChI is InChI=1S/C15H13NO/c17-15-7-5-14(6-8-15)16-10-9-12-3-1-2-4-13(12)11-16/h1-10,17H,11H2. The van der Waals surface area contributed by atoms with Crippen molar-refractivity contribution in [2.24, 2.45) is 0 Å². The van der Waals surface area contributed by atoms with Gasteiger partial charge in [0, 0.05) is 18.4 Å². The van der Waals surface area contributed by atoms with Gasteiger partial charge in [-0.2, -0.15) is 0 Å². The number of phenolic OH excluding ortho intramolecular Hbond substituents is 1. The van der Waals surface area contributed by atoms with E-state index in [0.717, 1.165) is 12.2 Å². The molecule has 17 heavy (non-hydrogen) atoms. The number of nitrogens with zero attached hydrogens (tertiary/aromatic N) is 1. The lowest BCUT2D eigenvalue weighted by Gasteiger charge is -2.25. The van der Waals surface area contributed by atoms with Crippen molar-refractivity contribution in [1.82, 2.24) is 0 Å². The lowest BCUT2D eigenvalue weighted by Crippen LogP contribution is -2.18. The van der Waals surface area contributed by atoms with Gasteiger partial charge in [-0.15, -0.1) is 0 Å². The Balaban J connectivity index is 1.92. The number of phenols is 1. The van der Waals surface area contributed by atoms with Crippen molar-refractivity contribution < 1.29 is 5.11 Å². The zero-order chi connectivity index (χ0) is 11.7. The van der Waals surface area contributed by atoms with Crippen LogP contribution in [0.25, 0.3) is 6.08 Å². The van der Waals surface area contributed by atoms with Crippen LogP contribution in [0.3, 0.4) is 0 Å². The van der Waals surface area contributed by atoms with Crippen LogP contribution in [0, 0.1) is 0 Å². The van der Waals surface area contributed by atoms with Gasteiger partial charge in [-0.05, 0) is 41.5 Å². The van der Waals surface area contributed by atoms with Crippen molar-refractivity contribution in [2.75, 3.05) is 4.90 Å². The largest absolute Gasteiger partial charge is 0.508 e. The fourth-order valence-corrected chi connectivity index (χ4v) is 2.07. The monoisotopic (exact) mass is 223 g/mol. The molecule has 0 unspecified atom stereocenters. The van der Waals surface area contributed by atoms with E-state index in [1.165, 1.54) is 11.1 Å². The Bertz CT molecular complexity index is 557. The molecule has 2 heteroatoms. The first-order valence-corrected chi connectivity index (χ1v) is 5.65. The molecular weight excluding hydrogens is 210 g/mol. The highest BCUT2D eigenvalue weighted by Crippen LogP contribution is 2.26. The zero-order valence-corrected chi connectivity index (χ0v) is 9.38. The molecule has 0 saturated heterocycles. The molecular formula is C15H13NO. The van der Waals surface area contributed by atoms with Gasteiger partial charge in [0.15, 0.2) is 0 Å². The van der Waals surface area contributed by atoms with E-state index in [1.54, 1.807) is 12.1 Å². The molecule has 1 heterocycles. The van der Waals surface area contributed by atoms with Gasteiger partial charge in [-0.25, -0.2) is 0 Å². The second kappa shape index (κ2) is 3.98. The smallest absolute Gasteiger partial charge is 0.115 e. The number of hydrogen-bond donors (Lipinski definition) is 1. The third kappa shape index (κ3) is 1.89. The van der Waals surface area contributed by atoms with Crippen molar-refractivity contribution in [3.05, 3.63) is 65.9 Å². The average molecular weight is 223 g/mol. The number of anilines is 1. The number of benzene rings is 2. The summed E-state index contributed by atoms with van der Waals surface area (Å²) >= 11 is 0. The molecule has 0 amide bonds.